The second-order valence-corrected chi connectivity index (χ2v) is 8.49. The standard InChI is InChI=1S/C26H27N5O2/c1-17-12-24-19(13-22(17)20-15-28-30(2)16-20)7-5-10-31(24)25-21-8-4-3-6-18(21)14-23(29-25)26(33)27-9-11-32/h3-4,6,8,12-16,32H,5,7,9-11H2,1-2H3,(H,27,33). The monoisotopic (exact) mass is 441 g/mol. The molecule has 0 saturated carbocycles. The van der Waals surface area contributed by atoms with Gasteiger partial charge in [-0.3, -0.25) is 9.48 Å². The number of aryl methyl sites for hydroxylation is 3. The summed E-state index contributed by atoms with van der Waals surface area (Å²) in [7, 11) is 1.93. The van der Waals surface area contributed by atoms with Crippen molar-refractivity contribution < 1.29 is 9.90 Å². The molecule has 2 N–H and O–H groups in total. The number of rotatable bonds is 5. The van der Waals surface area contributed by atoms with E-state index in [-0.39, 0.29) is 19.1 Å². The first-order valence-electron chi connectivity index (χ1n) is 11.2. The van der Waals surface area contributed by atoms with Crippen molar-refractivity contribution in [1.82, 2.24) is 20.1 Å². The Balaban J connectivity index is 1.63. The molecular formula is C26H27N5O2. The van der Waals surface area contributed by atoms with Crippen LogP contribution in [0.15, 0.2) is 54.9 Å². The third-order valence-electron chi connectivity index (χ3n) is 6.17. The SMILES string of the molecule is Cc1cc2c(cc1-c1cnn(C)c1)CCCN2c1nc(C(=O)NCCO)cc2ccccc12. The number of benzene rings is 2. The van der Waals surface area contributed by atoms with Gasteiger partial charge in [-0.25, -0.2) is 4.98 Å². The minimum absolute atomic E-state index is 0.107. The Morgan fingerprint density at radius 2 is 2.06 bits per heavy atom. The van der Waals surface area contributed by atoms with Crippen molar-refractivity contribution in [2.45, 2.75) is 19.8 Å². The maximum atomic E-state index is 12.7. The topological polar surface area (TPSA) is 83.3 Å². The second kappa shape index (κ2) is 8.67. The van der Waals surface area contributed by atoms with Gasteiger partial charge < -0.3 is 15.3 Å². The van der Waals surface area contributed by atoms with Crippen molar-refractivity contribution in [3.63, 3.8) is 0 Å². The number of nitrogens with zero attached hydrogens (tertiary/aromatic N) is 4. The van der Waals surface area contributed by atoms with E-state index in [2.05, 4.69) is 40.4 Å². The van der Waals surface area contributed by atoms with E-state index in [4.69, 9.17) is 10.1 Å². The molecule has 7 heteroatoms. The number of aliphatic hydroxyl groups excluding tert-OH is 1. The zero-order chi connectivity index (χ0) is 22.9. The minimum atomic E-state index is -0.281. The Hall–Kier alpha value is -3.71. The van der Waals surface area contributed by atoms with Gasteiger partial charge in [-0.15, -0.1) is 0 Å². The summed E-state index contributed by atoms with van der Waals surface area (Å²) in [4.78, 5) is 19.7. The van der Waals surface area contributed by atoms with Crippen molar-refractivity contribution >= 4 is 28.2 Å². The summed E-state index contributed by atoms with van der Waals surface area (Å²) < 4.78 is 1.82. The number of aromatic nitrogens is 3. The van der Waals surface area contributed by atoms with Gasteiger partial charge in [0.25, 0.3) is 5.91 Å². The van der Waals surface area contributed by atoms with E-state index in [1.54, 1.807) is 0 Å². The molecule has 0 unspecified atom stereocenters. The summed E-state index contributed by atoms with van der Waals surface area (Å²) in [5, 5.41) is 18.1. The van der Waals surface area contributed by atoms with E-state index >= 15 is 0 Å². The van der Waals surface area contributed by atoms with Crippen molar-refractivity contribution in [2.24, 2.45) is 7.05 Å². The van der Waals surface area contributed by atoms with E-state index in [9.17, 15) is 4.79 Å². The molecule has 2 aromatic carbocycles. The Morgan fingerprint density at radius 1 is 1.21 bits per heavy atom. The molecule has 1 aliphatic rings. The number of hydrogen-bond acceptors (Lipinski definition) is 5. The average Bonchev–Trinajstić information content (AvgIpc) is 3.27. The van der Waals surface area contributed by atoms with Crippen molar-refractivity contribution in [3.05, 3.63) is 71.7 Å². The number of nitrogens with one attached hydrogen (secondary N) is 1. The lowest BCUT2D eigenvalue weighted by Gasteiger charge is -2.32. The second-order valence-electron chi connectivity index (χ2n) is 8.49. The Bertz CT molecular complexity index is 1340. The third kappa shape index (κ3) is 3.96. The number of hydrogen-bond donors (Lipinski definition) is 2. The summed E-state index contributed by atoms with van der Waals surface area (Å²) in [6, 6.07) is 14.3. The quantitative estimate of drug-likeness (QED) is 0.493. The lowest BCUT2D eigenvalue weighted by Crippen LogP contribution is -2.29. The van der Waals surface area contributed by atoms with Crippen LogP contribution in [0.1, 0.15) is 28.0 Å². The van der Waals surface area contributed by atoms with E-state index in [1.165, 1.54) is 16.7 Å². The number of anilines is 2. The highest BCUT2D eigenvalue weighted by molar-refractivity contribution is 6.01. The molecule has 0 bridgehead atoms. The van der Waals surface area contributed by atoms with Crippen LogP contribution < -0.4 is 10.2 Å². The molecule has 5 rings (SSSR count). The minimum Gasteiger partial charge on any atom is -0.395 e. The predicted octanol–water partition coefficient (Wildman–Crippen LogP) is 3.75. The fraction of sp³-hybridized carbons (Fsp3) is 0.269. The van der Waals surface area contributed by atoms with E-state index in [0.29, 0.717) is 5.69 Å². The molecule has 2 aromatic heterocycles. The van der Waals surface area contributed by atoms with Crippen molar-refractivity contribution in [1.29, 1.82) is 0 Å². The van der Waals surface area contributed by atoms with Gasteiger partial charge in [0.2, 0.25) is 0 Å². The van der Waals surface area contributed by atoms with Gasteiger partial charge >= 0.3 is 0 Å². The molecular weight excluding hydrogens is 414 g/mol. The third-order valence-corrected chi connectivity index (χ3v) is 6.17. The first-order valence-corrected chi connectivity index (χ1v) is 11.2. The summed E-state index contributed by atoms with van der Waals surface area (Å²) in [5.74, 6) is 0.508. The van der Waals surface area contributed by atoms with Crippen LogP contribution in [0.5, 0.6) is 0 Å². The normalized spacial score (nSPS) is 13.2. The first-order chi connectivity index (χ1) is 16.0. The number of amides is 1. The van der Waals surface area contributed by atoms with Crippen LogP contribution in [0.4, 0.5) is 11.5 Å². The highest BCUT2D eigenvalue weighted by Gasteiger charge is 2.24. The zero-order valence-corrected chi connectivity index (χ0v) is 18.9. The fourth-order valence-electron chi connectivity index (χ4n) is 4.59. The summed E-state index contributed by atoms with van der Waals surface area (Å²) in [6.07, 6.45) is 5.94. The van der Waals surface area contributed by atoms with Gasteiger partial charge in [0, 0.05) is 43.0 Å². The molecule has 0 atom stereocenters. The molecule has 3 heterocycles. The van der Waals surface area contributed by atoms with Crippen LogP contribution in [-0.2, 0) is 13.5 Å². The van der Waals surface area contributed by atoms with Gasteiger partial charge in [-0.2, -0.15) is 5.10 Å². The van der Waals surface area contributed by atoms with Crippen LogP contribution in [0.25, 0.3) is 21.9 Å². The smallest absolute Gasteiger partial charge is 0.270 e. The van der Waals surface area contributed by atoms with Gasteiger partial charge in [0.1, 0.15) is 11.5 Å². The van der Waals surface area contributed by atoms with Gasteiger partial charge in [0.05, 0.1) is 12.8 Å². The maximum Gasteiger partial charge on any atom is 0.270 e. The maximum absolute atomic E-state index is 12.7. The predicted molar refractivity (Wildman–Crippen MR) is 130 cm³/mol. The molecule has 0 aliphatic carbocycles. The summed E-state index contributed by atoms with van der Waals surface area (Å²) >= 11 is 0. The van der Waals surface area contributed by atoms with Crippen molar-refractivity contribution in [2.75, 3.05) is 24.6 Å². The van der Waals surface area contributed by atoms with E-state index < -0.39 is 0 Å². The van der Waals surface area contributed by atoms with Crippen LogP contribution >= 0.6 is 0 Å². The Morgan fingerprint density at radius 3 is 2.85 bits per heavy atom. The molecule has 0 spiro atoms. The lowest BCUT2D eigenvalue weighted by atomic mass is 9.93. The summed E-state index contributed by atoms with van der Waals surface area (Å²) in [5.41, 5.74) is 6.24. The van der Waals surface area contributed by atoms with Crippen LogP contribution in [-0.4, -0.2) is 45.5 Å². The Kier molecular flexibility index (Phi) is 5.56. The van der Waals surface area contributed by atoms with Gasteiger partial charge in [0.15, 0.2) is 0 Å². The largest absolute Gasteiger partial charge is 0.395 e. The molecule has 7 nitrogen and oxygen atoms in total. The van der Waals surface area contributed by atoms with Crippen LogP contribution in [0.2, 0.25) is 0 Å². The average molecular weight is 442 g/mol. The number of pyridine rings is 1. The molecule has 0 saturated heterocycles. The molecule has 1 aliphatic heterocycles. The van der Waals surface area contributed by atoms with Crippen LogP contribution in [0, 0.1) is 6.92 Å². The molecule has 168 valence electrons. The van der Waals surface area contributed by atoms with Gasteiger partial charge in [-0.05, 0) is 60.0 Å². The molecule has 33 heavy (non-hydrogen) atoms. The van der Waals surface area contributed by atoms with Crippen LogP contribution in [0.3, 0.4) is 0 Å². The Labute approximate surface area is 192 Å². The molecule has 4 aromatic rings. The zero-order valence-electron chi connectivity index (χ0n) is 18.9. The van der Waals surface area contributed by atoms with E-state index in [0.717, 1.165) is 47.2 Å². The lowest BCUT2D eigenvalue weighted by molar-refractivity contribution is 0.0940. The molecule has 1 amide bonds. The van der Waals surface area contributed by atoms with Gasteiger partial charge in [-0.1, -0.05) is 24.3 Å². The number of aliphatic hydroxyl groups is 1. The number of carbonyl (C=O) groups excluding carboxylic acids is 1. The highest BCUT2D eigenvalue weighted by Crippen LogP contribution is 2.39. The molecule has 0 fully saturated rings. The summed E-state index contributed by atoms with van der Waals surface area (Å²) in [6.45, 7) is 3.05. The number of fused-ring (bicyclic) bond motifs is 2. The fourth-order valence-corrected chi connectivity index (χ4v) is 4.59. The molecule has 0 radical (unpaired) electrons. The van der Waals surface area contributed by atoms with Crippen molar-refractivity contribution in [3.8, 4) is 11.1 Å². The number of carbonyl (C=O) groups is 1. The first kappa shape index (κ1) is 21.2. The highest BCUT2D eigenvalue weighted by atomic mass is 16.3. The van der Waals surface area contributed by atoms with E-state index in [1.807, 2.05) is 48.4 Å².